The molecule has 1 N–H and O–H groups in total. The summed E-state index contributed by atoms with van der Waals surface area (Å²) in [5.41, 5.74) is -1.32. The Morgan fingerprint density at radius 1 is 1.31 bits per heavy atom. The van der Waals surface area contributed by atoms with Crippen LogP contribution in [0.15, 0.2) is 24.4 Å². The summed E-state index contributed by atoms with van der Waals surface area (Å²) in [4.78, 5) is 33.5. The van der Waals surface area contributed by atoms with Crippen LogP contribution in [-0.4, -0.2) is 49.9 Å². The number of rotatable bonds is 5. The lowest BCUT2D eigenvalue weighted by Crippen LogP contribution is -2.25. The van der Waals surface area contributed by atoms with Crippen molar-refractivity contribution in [1.29, 1.82) is 0 Å². The summed E-state index contributed by atoms with van der Waals surface area (Å²) < 4.78 is 41.7. The number of hydrogen-bond acceptors (Lipinski definition) is 6. The van der Waals surface area contributed by atoms with E-state index in [0.717, 1.165) is 28.0 Å². The second kappa shape index (κ2) is 8.79. The van der Waals surface area contributed by atoms with Gasteiger partial charge in [-0.2, -0.15) is 22.4 Å². The lowest BCUT2D eigenvalue weighted by Gasteiger charge is -2.11. The number of aryl methyl sites for hydroxylation is 1. The van der Waals surface area contributed by atoms with Crippen LogP contribution in [0.3, 0.4) is 0 Å². The molecule has 168 valence electrons. The van der Waals surface area contributed by atoms with Crippen molar-refractivity contribution in [3.63, 3.8) is 0 Å². The third kappa shape index (κ3) is 4.70. The molecule has 1 atom stereocenters. The smallest absolute Gasteiger partial charge is 0.354 e. The van der Waals surface area contributed by atoms with Crippen molar-refractivity contribution < 1.29 is 27.3 Å². The molecule has 2 amide bonds. The van der Waals surface area contributed by atoms with E-state index in [1.165, 1.54) is 17.9 Å². The molecule has 0 aliphatic carbocycles. The molecule has 0 saturated heterocycles. The monoisotopic (exact) mass is 485 g/mol. The topological polar surface area (TPSA) is 92.8 Å². The summed E-state index contributed by atoms with van der Waals surface area (Å²) in [6.45, 7) is 6.92. The second-order valence-corrected chi connectivity index (χ2v) is 8.14. The Hall–Kier alpha value is -3.12. The normalized spacial score (nSPS) is 12.5. The van der Waals surface area contributed by atoms with Crippen LogP contribution < -0.4 is 5.32 Å². The Morgan fingerprint density at radius 2 is 2.00 bits per heavy atom. The number of alkyl halides is 3. The highest BCUT2D eigenvalue weighted by atomic mass is 35.5. The van der Waals surface area contributed by atoms with Gasteiger partial charge in [0.2, 0.25) is 17.0 Å². The zero-order valence-electron chi connectivity index (χ0n) is 17.1. The van der Waals surface area contributed by atoms with Gasteiger partial charge in [0.05, 0.1) is 17.3 Å². The van der Waals surface area contributed by atoms with Crippen LogP contribution in [0.2, 0.25) is 5.02 Å². The molecule has 0 spiro atoms. The van der Waals surface area contributed by atoms with Crippen LogP contribution in [0.4, 0.5) is 13.2 Å². The molecular formula is C19H17ClF3N6O2S+. The molecule has 13 heteroatoms. The van der Waals surface area contributed by atoms with Crippen molar-refractivity contribution in [3.8, 4) is 5.13 Å². The molecule has 0 unspecified atom stereocenters. The molecule has 1 aromatic carbocycles. The number of nitrogens with zero attached hydrogens (tertiary/aromatic N) is 5. The standard InChI is InChI=1S/C19H16ClF3N6O2S/c1-9(28(4)17(31)11-5-12(19(21,22)23)7-13(20)6-11)15-26-10(2)27-29(15)18-25-8-14(32-18)16(30)24-3/h5-9H,4H2,1-3H3/p+1/t9-/m0/s1. The zero-order valence-corrected chi connectivity index (χ0v) is 18.6. The van der Waals surface area contributed by atoms with Crippen LogP contribution in [0, 0.1) is 6.92 Å². The third-order valence-corrected chi connectivity index (χ3v) is 5.63. The van der Waals surface area contributed by atoms with Crippen LogP contribution in [-0.2, 0) is 6.18 Å². The highest BCUT2D eigenvalue weighted by Crippen LogP contribution is 2.32. The highest BCUT2D eigenvalue weighted by molar-refractivity contribution is 7.16. The van der Waals surface area contributed by atoms with E-state index in [4.69, 9.17) is 11.6 Å². The number of thiazole rings is 1. The average Bonchev–Trinajstić information content (AvgIpc) is 3.37. The van der Waals surface area contributed by atoms with E-state index >= 15 is 0 Å². The predicted molar refractivity (Wildman–Crippen MR) is 112 cm³/mol. The SMILES string of the molecule is C=[N+](C(=O)c1cc(Cl)cc(C(F)(F)F)c1)[C@@H](C)c1nc(C)nn1-c1ncc(C(=O)NC)s1. The van der Waals surface area contributed by atoms with Gasteiger partial charge < -0.3 is 5.32 Å². The minimum Gasteiger partial charge on any atom is -0.354 e. The van der Waals surface area contributed by atoms with Gasteiger partial charge >= 0.3 is 12.1 Å². The maximum atomic E-state index is 13.1. The van der Waals surface area contributed by atoms with Crippen LogP contribution in [0.1, 0.15) is 50.2 Å². The summed E-state index contributed by atoms with van der Waals surface area (Å²) in [6.07, 6.45) is -3.29. The summed E-state index contributed by atoms with van der Waals surface area (Å²) in [7, 11) is 1.49. The first-order chi connectivity index (χ1) is 14.9. The molecule has 2 aromatic heterocycles. The van der Waals surface area contributed by atoms with E-state index in [2.05, 4.69) is 27.1 Å². The van der Waals surface area contributed by atoms with E-state index in [1.807, 2.05) is 0 Å². The maximum absolute atomic E-state index is 13.1. The zero-order chi connectivity index (χ0) is 23.8. The van der Waals surface area contributed by atoms with Gasteiger partial charge in [0.15, 0.2) is 0 Å². The number of carbonyl (C=O) groups is 2. The van der Waals surface area contributed by atoms with Gasteiger partial charge in [-0.05, 0) is 25.1 Å². The lowest BCUT2D eigenvalue weighted by atomic mass is 10.1. The molecule has 8 nitrogen and oxygen atoms in total. The third-order valence-electron chi connectivity index (χ3n) is 4.44. The van der Waals surface area contributed by atoms with Crippen LogP contribution in [0.5, 0.6) is 0 Å². The van der Waals surface area contributed by atoms with Crippen molar-refractivity contribution in [2.24, 2.45) is 0 Å². The first-order valence-corrected chi connectivity index (χ1v) is 10.3. The second-order valence-electron chi connectivity index (χ2n) is 6.69. The molecule has 32 heavy (non-hydrogen) atoms. The van der Waals surface area contributed by atoms with Crippen LogP contribution in [0.25, 0.3) is 5.13 Å². The Morgan fingerprint density at radius 3 is 2.62 bits per heavy atom. The minimum absolute atomic E-state index is 0.229. The largest absolute Gasteiger partial charge is 0.419 e. The summed E-state index contributed by atoms with van der Waals surface area (Å²) in [5, 5.41) is 6.85. The number of nitrogens with one attached hydrogen (secondary N) is 1. The van der Waals surface area contributed by atoms with Gasteiger partial charge in [0, 0.05) is 19.0 Å². The van der Waals surface area contributed by atoms with Crippen LogP contribution >= 0.6 is 22.9 Å². The van der Waals surface area contributed by atoms with Gasteiger partial charge in [-0.3, -0.25) is 4.79 Å². The summed E-state index contributed by atoms with van der Waals surface area (Å²) in [6, 6.07) is 1.79. The van der Waals surface area contributed by atoms with Gasteiger partial charge in [0.1, 0.15) is 17.4 Å². The predicted octanol–water partition coefficient (Wildman–Crippen LogP) is 3.68. The Bertz CT molecular complexity index is 1220. The summed E-state index contributed by atoms with van der Waals surface area (Å²) >= 11 is 6.85. The van der Waals surface area contributed by atoms with E-state index in [9.17, 15) is 22.8 Å². The molecule has 0 aliphatic heterocycles. The number of benzene rings is 1. The van der Waals surface area contributed by atoms with Crippen molar-refractivity contribution >= 4 is 41.5 Å². The van der Waals surface area contributed by atoms with Crippen molar-refractivity contribution in [3.05, 3.63) is 57.1 Å². The maximum Gasteiger partial charge on any atom is 0.419 e. The van der Waals surface area contributed by atoms with Crippen molar-refractivity contribution in [2.75, 3.05) is 7.05 Å². The number of carbonyl (C=O) groups excluding carboxylic acids is 2. The molecule has 2 heterocycles. The van der Waals surface area contributed by atoms with E-state index in [-0.39, 0.29) is 22.3 Å². The molecule has 0 fully saturated rings. The minimum atomic E-state index is -4.66. The molecule has 0 radical (unpaired) electrons. The first kappa shape index (κ1) is 23.5. The summed E-state index contributed by atoms with van der Waals surface area (Å²) in [5.74, 6) is -0.480. The fourth-order valence-electron chi connectivity index (χ4n) is 2.79. The fraction of sp³-hybridized carbons (Fsp3) is 0.263. The molecular weight excluding hydrogens is 469 g/mol. The number of amides is 2. The Kier molecular flexibility index (Phi) is 6.46. The lowest BCUT2D eigenvalue weighted by molar-refractivity contribution is -0.467. The molecule has 0 saturated carbocycles. The molecule has 3 rings (SSSR count). The van der Waals surface area contributed by atoms with Gasteiger partial charge in [-0.25, -0.2) is 14.8 Å². The number of aromatic nitrogens is 4. The van der Waals surface area contributed by atoms with E-state index < -0.39 is 23.7 Å². The number of halogens is 4. The highest BCUT2D eigenvalue weighted by Gasteiger charge is 2.35. The van der Waals surface area contributed by atoms with Gasteiger partial charge in [-0.15, -0.1) is 5.10 Å². The quantitative estimate of drug-likeness (QED) is 0.439. The number of hydrogen-bond donors (Lipinski definition) is 1. The first-order valence-electron chi connectivity index (χ1n) is 9.06. The average molecular weight is 486 g/mol. The fourth-order valence-corrected chi connectivity index (χ4v) is 3.85. The van der Waals surface area contributed by atoms with E-state index in [1.54, 1.807) is 13.8 Å². The van der Waals surface area contributed by atoms with Gasteiger partial charge in [-0.1, -0.05) is 22.9 Å². The Balaban J connectivity index is 1.95. The molecule has 0 bridgehead atoms. The van der Waals surface area contributed by atoms with Crippen molar-refractivity contribution in [1.82, 2.24) is 25.1 Å². The Labute approximate surface area is 189 Å². The van der Waals surface area contributed by atoms with Gasteiger partial charge in [0.25, 0.3) is 5.91 Å². The molecule has 0 aliphatic rings. The van der Waals surface area contributed by atoms with E-state index in [0.29, 0.717) is 21.9 Å². The van der Waals surface area contributed by atoms with Crippen molar-refractivity contribution in [2.45, 2.75) is 26.1 Å². The molecule has 3 aromatic rings.